The third-order valence-corrected chi connectivity index (χ3v) is 5.29. The third kappa shape index (κ3) is 3.48. The summed E-state index contributed by atoms with van der Waals surface area (Å²) in [5.41, 5.74) is 0. The first kappa shape index (κ1) is 13.9. The fraction of sp³-hybridized carbons (Fsp3) is 0.615. The van der Waals surface area contributed by atoms with Crippen LogP contribution in [0.4, 0.5) is 0 Å². The topological polar surface area (TPSA) is 38.3 Å². The lowest BCUT2D eigenvalue weighted by atomic mass is 10.1. The van der Waals surface area contributed by atoms with Crippen molar-refractivity contribution in [3.8, 4) is 5.75 Å². The van der Waals surface area contributed by atoms with Crippen LogP contribution in [-0.2, 0) is 0 Å². The summed E-state index contributed by atoms with van der Waals surface area (Å²) in [5, 5.41) is 4.99. The van der Waals surface area contributed by atoms with Crippen molar-refractivity contribution in [2.75, 3.05) is 7.11 Å². The number of carbonyl (C=O) groups is 1. The first-order valence-electron chi connectivity index (χ1n) is 6.28. The zero-order valence-corrected chi connectivity index (χ0v) is 12.9. The molecule has 0 bridgehead atoms. The van der Waals surface area contributed by atoms with E-state index in [9.17, 15) is 4.79 Å². The zero-order valence-electron chi connectivity index (χ0n) is 10.4. The maximum atomic E-state index is 12.1. The standard InChI is InChI=1S/C13H18BrNO2S/c1-17-9-7-12(18-8-9)13(16)15-11-6-4-2-3-5-10(11)14/h7-8,10-11H,2-6H2,1H3,(H,15,16). The lowest BCUT2D eigenvalue weighted by Crippen LogP contribution is -2.39. The van der Waals surface area contributed by atoms with Crippen molar-refractivity contribution in [1.29, 1.82) is 0 Å². The van der Waals surface area contributed by atoms with Crippen LogP contribution in [-0.4, -0.2) is 23.9 Å². The average Bonchev–Trinajstić information content (AvgIpc) is 2.77. The molecule has 0 radical (unpaired) electrons. The molecule has 5 heteroatoms. The summed E-state index contributed by atoms with van der Waals surface area (Å²) >= 11 is 5.11. The second-order valence-electron chi connectivity index (χ2n) is 4.58. The highest BCUT2D eigenvalue weighted by molar-refractivity contribution is 9.09. The van der Waals surface area contributed by atoms with Crippen molar-refractivity contribution in [3.05, 3.63) is 16.3 Å². The summed E-state index contributed by atoms with van der Waals surface area (Å²) in [6, 6.07) is 2.04. The molecular weight excluding hydrogens is 314 g/mol. The Bertz CT molecular complexity index is 407. The van der Waals surface area contributed by atoms with Gasteiger partial charge < -0.3 is 10.1 Å². The highest BCUT2D eigenvalue weighted by Gasteiger charge is 2.23. The molecule has 2 unspecified atom stereocenters. The predicted octanol–water partition coefficient (Wildman–Crippen LogP) is 3.58. The molecule has 18 heavy (non-hydrogen) atoms. The van der Waals surface area contributed by atoms with Gasteiger partial charge in [-0.2, -0.15) is 0 Å². The normalized spacial score (nSPS) is 24.3. The fourth-order valence-corrected chi connectivity index (χ4v) is 3.69. The largest absolute Gasteiger partial charge is 0.496 e. The Kier molecular flexibility index (Phi) is 5.06. The molecule has 2 rings (SSSR count). The molecule has 1 aliphatic carbocycles. The highest BCUT2D eigenvalue weighted by Crippen LogP contribution is 2.25. The molecule has 3 nitrogen and oxygen atoms in total. The van der Waals surface area contributed by atoms with Crippen LogP contribution in [0.5, 0.6) is 5.75 Å². The summed E-state index contributed by atoms with van der Waals surface area (Å²) in [4.78, 5) is 13.2. The molecule has 0 spiro atoms. The lowest BCUT2D eigenvalue weighted by molar-refractivity contribution is 0.0939. The summed E-state index contributed by atoms with van der Waals surface area (Å²) < 4.78 is 5.10. The highest BCUT2D eigenvalue weighted by atomic mass is 79.9. The summed E-state index contributed by atoms with van der Waals surface area (Å²) in [6.45, 7) is 0. The maximum absolute atomic E-state index is 12.1. The van der Waals surface area contributed by atoms with Crippen LogP contribution in [0.3, 0.4) is 0 Å². The monoisotopic (exact) mass is 331 g/mol. The molecular formula is C13H18BrNO2S. The Morgan fingerprint density at radius 3 is 2.94 bits per heavy atom. The second-order valence-corrected chi connectivity index (χ2v) is 6.67. The van der Waals surface area contributed by atoms with E-state index in [1.165, 1.54) is 30.6 Å². The number of ether oxygens (including phenoxy) is 1. The quantitative estimate of drug-likeness (QED) is 0.679. The minimum atomic E-state index is 0.0136. The molecule has 100 valence electrons. The van der Waals surface area contributed by atoms with E-state index in [2.05, 4.69) is 21.2 Å². The van der Waals surface area contributed by atoms with Gasteiger partial charge in [-0.1, -0.05) is 35.2 Å². The minimum absolute atomic E-state index is 0.0136. The van der Waals surface area contributed by atoms with Gasteiger partial charge >= 0.3 is 0 Å². The first-order valence-corrected chi connectivity index (χ1v) is 8.07. The molecule has 1 aromatic rings. The number of halogens is 1. The van der Waals surface area contributed by atoms with Crippen molar-refractivity contribution in [1.82, 2.24) is 5.32 Å². The molecule has 1 aliphatic rings. The Hall–Kier alpha value is -0.550. The molecule has 1 fully saturated rings. The predicted molar refractivity (Wildman–Crippen MR) is 77.9 cm³/mol. The van der Waals surface area contributed by atoms with Crippen LogP contribution in [0, 0.1) is 0 Å². The van der Waals surface area contributed by atoms with E-state index in [-0.39, 0.29) is 11.9 Å². The SMILES string of the molecule is COc1csc(C(=O)NC2CCCCCC2Br)c1. The van der Waals surface area contributed by atoms with Gasteiger partial charge in [0.1, 0.15) is 5.75 Å². The van der Waals surface area contributed by atoms with E-state index in [1.54, 1.807) is 13.2 Å². The Morgan fingerprint density at radius 1 is 1.44 bits per heavy atom. The number of hydrogen-bond acceptors (Lipinski definition) is 3. The molecule has 2 atom stereocenters. The lowest BCUT2D eigenvalue weighted by Gasteiger charge is -2.20. The third-order valence-electron chi connectivity index (χ3n) is 3.28. The average molecular weight is 332 g/mol. The molecule has 1 amide bonds. The molecule has 1 heterocycles. The minimum Gasteiger partial charge on any atom is -0.496 e. The number of thiophene rings is 1. The van der Waals surface area contributed by atoms with Crippen LogP contribution < -0.4 is 10.1 Å². The van der Waals surface area contributed by atoms with Gasteiger partial charge in [0.05, 0.1) is 12.0 Å². The van der Waals surface area contributed by atoms with Gasteiger partial charge in [0.15, 0.2) is 0 Å². The van der Waals surface area contributed by atoms with Crippen molar-refractivity contribution in [2.45, 2.75) is 43.0 Å². The summed E-state index contributed by atoms with van der Waals surface area (Å²) in [7, 11) is 1.61. The maximum Gasteiger partial charge on any atom is 0.261 e. The fourth-order valence-electron chi connectivity index (χ4n) is 2.21. The van der Waals surface area contributed by atoms with E-state index in [1.807, 2.05) is 5.38 Å². The summed E-state index contributed by atoms with van der Waals surface area (Å²) in [5.74, 6) is 0.765. The van der Waals surface area contributed by atoms with Gasteiger partial charge in [0.25, 0.3) is 5.91 Å². The van der Waals surface area contributed by atoms with Gasteiger partial charge in [0, 0.05) is 22.3 Å². The first-order chi connectivity index (χ1) is 8.70. The number of amides is 1. The number of nitrogens with one attached hydrogen (secondary N) is 1. The molecule has 1 saturated carbocycles. The Labute approximate surface area is 120 Å². The smallest absolute Gasteiger partial charge is 0.261 e. The van der Waals surface area contributed by atoms with Crippen LogP contribution in [0.25, 0.3) is 0 Å². The van der Waals surface area contributed by atoms with E-state index < -0.39 is 0 Å². The van der Waals surface area contributed by atoms with Crippen LogP contribution in [0.2, 0.25) is 0 Å². The van der Waals surface area contributed by atoms with Crippen molar-refractivity contribution in [2.24, 2.45) is 0 Å². The Balaban J connectivity index is 1.97. The summed E-state index contributed by atoms with van der Waals surface area (Å²) in [6.07, 6.45) is 5.90. The van der Waals surface area contributed by atoms with Gasteiger partial charge in [0.2, 0.25) is 0 Å². The van der Waals surface area contributed by atoms with E-state index in [4.69, 9.17) is 4.74 Å². The van der Waals surface area contributed by atoms with Crippen molar-refractivity contribution in [3.63, 3.8) is 0 Å². The molecule has 1 N–H and O–H groups in total. The second kappa shape index (κ2) is 6.57. The van der Waals surface area contributed by atoms with E-state index in [0.29, 0.717) is 4.83 Å². The van der Waals surface area contributed by atoms with Crippen molar-refractivity contribution < 1.29 is 9.53 Å². The number of alkyl halides is 1. The number of carbonyl (C=O) groups excluding carboxylic acids is 1. The molecule has 0 aliphatic heterocycles. The zero-order chi connectivity index (χ0) is 13.0. The number of methoxy groups -OCH3 is 1. The van der Waals surface area contributed by atoms with Crippen molar-refractivity contribution >= 4 is 33.2 Å². The number of hydrogen-bond donors (Lipinski definition) is 1. The van der Waals surface area contributed by atoms with E-state index in [0.717, 1.165) is 23.5 Å². The van der Waals surface area contributed by atoms with Gasteiger partial charge in [-0.05, 0) is 12.8 Å². The van der Waals surface area contributed by atoms with E-state index >= 15 is 0 Å². The number of rotatable bonds is 3. The van der Waals surface area contributed by atoms with Crippen LogP contribution >= 0.6 is 27.3 Å². The molecule has 1 aromatic heterocycles. The van der Waals surface area contributed by atoms with Crippen LogP contribution in [0.15, 0.2) is 11.4 Å². The van der Waals surface area contributed by atoms with Gasteiger partial charge in [-0.3, -0.25) is 4.79 Å². The van der Waals surface area contributed by atoms with Gasteiger partial charge in [-0.25, -0.2) is 0 Å². The Morgan fingerprint density at radius 2 is 2.22 bits per heavy atom. The van der Waals surface area contributed by atoms with Crippen LogP contribution in [0.1, 0.15) is 41.8 Å². The molecule has 0 aromatic carbocycles. The molecule has 0 saturated heterocycles. The van der Waals surface area contributed by atoms with Gasteiger partial charge in [-0.15, -0.1) is 11.3 Å².